The van der Waals surface area contributed by atoms with E-state index >= 15 is 0 Å². The van der Waals surface area contributed by atoms with Crippen molar-refractivity contribution < 1.29 is 9.47 Å². The summed E-state index contributed by atoms with van der Waals surface area (Å²) in [6.07, 6.45) is 11.5. The van der Waals surface area contributed by atoms with Crippen LogP contribution in [0.25, 0.3) is 0 Å². The maximum atomic E-state index is 5.55. The summed E-state index contributed by atoms with van der Waals surface area (Å²) >= 11 is 0. The van der Waals surface area contributed by atoms with Gasteiger partial charge in [0.05, 0.1) is 0 Å². The molecule has 0 N–H and O–H groups in total. The number of para-hydroxylation sites is 2. The third kappa shape index (κ3) is 6.92. The van der Waals surface area contributed by atoms with Gasteiger partial charge in [0, 0.05) is 110 Å². The molecule has 0 atom stereocenters. The van der Waals surface area contributed by atoms with Gasteiger partial charge < -0.3 is 19.3 Å². The summed E-state index contributed by atoms with van der Waals surface area (Å²) in [5.74, 6) is 0. The number of hydrogen-bond donors (Lipinski definition) is 0. The minimum Gasteiger partial charge on any atom is -0.385 e. The summed E-state index contributed by atoms with van der Waals surface area (Å²) in [5, 5.41) is 0. The molecule has 0 radical (unpaired) electrons. The van der Waals surface area contributed by atoms with Crippen LogP contribution in [-0.4, -0.2) is 46.2 Å². The van der Waals surface area contributed by atoms with Crippen molar-refractivity contribution in [1.82, 2.24) is 4.58 Å². The van der Waals surface area contributed by atoms with Gasteiger partial charge in [0.25, 0.3) is 0 Å². The lowest BCUT2D eigenvalue weighted by Crippen LogP contribution is -2.29. The number of benzene rings is 4. The third-order valence-corrected chi connectivity index (χ3v) is 11.4. The number of anilines is 2. The molecule has 2 heterocycles. The van der Waals surface area contributed by atoms with E-state index in [2.05, 4.69) is 177 Å². The molecule has 0 spiro atoms. The summed E-state index contributed by atoms with van der Waals surface area (Å²) in [6.45, 7) is 17.1. The molecule has 0 bridgehead atoms. The van der Waals surface area contributed by atoms with Crippen LogP contribution in [0.5, 0.6) is 0 Å². The fourth-order valence-corrected chi connectivity index (χ4v) is 8.57. The van der Waals surface area contributed by atoms with Crippen molar-refractivity contribution in [1.29, 1.82) is 0 Å². The van der Waals surface area contributed by atoms with Gasteiger partial charge in [-0.1, -0.05) is 99.5 Å². The summed E-state index contributed by atoms with van der Waals surface area (Å²) in [7, 11) is 3.58. The Labute approximate surface area is 323 Å². The predicted octanol–water partition coefficient (Wildman–Crippen LogP) is 10.9. The second-order valence-corrected chi connectivity index (χ2v) is 15.9. The normalized spacial score (nSPS) is 18.3. The zero-order valence-corrected chi connectivity index (χ0v) is 33.4. The van der Waals surface area contributed by atoms with Crippen molar-refractivity contribution in [2.45, 2.75) is 65.2 Å². The topological polar surface area (TPSA) is 28.0 Å². The van der Waals surface area contributed by atoms with Crippen molar-refractivity contribution >= 4 is 28.5 Å². The number of allylic oxidation sites excluding steroid dienone is 8. The molecule has 0 unspecified atom stereocenters. The van der Waals surface area contributed by atoms with Gasteiger partial charge in [-0.3, -0.25) is 0 Å². The number of ether oxygens (including phenoxy) is 2. The molecular weight excluding hydrogens is 663 g/mol. The fourth-order valence-electron chi connectivity index (χ4n) is 8.57. The Morgan fingerprint density at radius 2 is 0.981 bits per heavy atom. The van der Waals surface area contributed by atoms with Crippen LogP contribution in [0.15, 0.2) is 144 Å². The first-order valence-electron chi connectivity index (χ1n) is 19.5. The van der Waals surface area contributed by atoms with E-state index in [0.717, 1.165) is 50.5 Å². The van der Waals surface area contributed by atoms with E-state index in [1.807, 2.05) is 0 Å². The van der Waals surface area contributed by atoms with Crippen molar-refractivity contribution in [3.8, 4) is 0 Å². The molecule has 0 fully saturated rings. The van der Waals surface area contributed by atoms with Gasteiger partial charge in [-0.15, -0.1) is 0 Å². The maximum Gasteiger partial charge on any atom is 0.226 e. The molecule has 2 aliphatic heterocycles. The molecule has 54 heavy (non-hydrogen) atoms. The van der Waals surface area contributed by atoms with Crippen molar-refractivity contribution in [2.75, 3.05) is 50.3 Å². The quantitative estimate of drug-likeness (QED) is 0.108. The molecule has 4 aromatic carbocycles. The smallest absolute Gasteiger partial charge is 0.226 e. The lowest BCUT2D eigenvalue weighted by atomic mass is 9.82. The Hall–Kier alpha value is -4.97. The minimum absolute atomic E-state index is 0.197. The monoisotopic (exact) mass is 718 g/mol. The Kier molecular flexibility index (Phi) is 10.7. The third-order valence-electron chi connectivity index (χ3n) is 11.4. The maximum absolute atomic E-state index is 5.55. The highest BCUT2D eigenvalue weighted by Crippen LogP contribution is 2.50. The van der Waals surface area contributed by atoms with Crippen LogP contribution in [0.3, 0.4) is 0 Å². The first kappa shape index (κ1) is 37.3. The SMILES string of the molecule is COCCCN1C(=CC2=CC=C(C=C3N(CCCOC)c4ccc(C)cc4C3(C)C)C2=[N+](c2ccccc2)c2ccccc2)C(C)(C)c2cc(C)ccc21. The second-order valence-electron chi connectivity index (χ2n) is 15.9. The number of rotatable bonds is 12. The Bertz CT molecular complexity index is 2020. The van der Waals surface area contributed by atoms with Crippen LogP contribution in [-0.2, 0) is 20.3 Å². The van der Waals surface area contributed by atoms with Gasteiger partial charge in [0.2, 0.25) is 17.1 Å². The first-order chi connectivity index (χ1) is 26.1. The number of aryl methyl sites for hydroxylation is 2. The van der Waals surface area contributed by atoms with Gasteiger partial charge >= 0.3 is 0 Å². The van der Waals surface area contributed by atoms with E-state index in [1.54, 1.807) is 14.2 Å². The highest BCUT2D eigenvalue weighted by atomic mass is 16.5. The highest BCUT2D eigenvalue weighted by molar-refractivity contribution is 6.21. The average molecular weight is 719 g/mol. The van der Waals surface area contributed by atoms with Crippen LogP contribution in [0.1, 0.15) is 62.8 Å². The van der Waals surface area contributed by atoms with E-state index < -0.39 is 0 Å². The van der Waals surface area contributed by atoms with Crippen molar-refractivity contribution in [3.63, 3.8) is 0 Å². The largest absolute Gasteiger partial charge is 0.385 e. The summed E-state index contributed by atoms with van der Waals surface area (Å²) in [4.78, 5) is 5.07. The molecule has 0 saturated heterocycles. The van der Waals surface area contributed by atoms with E-state index in [-0.39, 0.29) is 10.8 Å². The van der Waals surface area contributed by atoms with Gasteiger partial charge in [-0.05, 0) is 74.3 Å². The van der Waals surface area contributed by atoms with Gasteiger partial charge in [0.15, 0.2) is 0 Å². The predicted molar refractivity (Wildman–Crippen MR) is 228 cm³/mol. The van der Waals surface area contributed by atoms with Crippen LogP contribution in [0, 0.1) is 13.8 Å². The zero-order valence-electron chi connectivity index (χ0n) is 33.4. The molecule has 0 amide bonds. The summed E-state index contributed by atoms with van der Waals surface area (Å²) < 4.78 is 13.5. The number of nitrogens with zero attached hydrogens (tertiary/aromatic N) is 3. The fraction of sp³-hybridized carbons (Fsp3) is 0.327. The number of methoxy groups -OCH3 is 2. The van der Waals surface area contributed by atoms with Crippen molar-refractivity contribution in [2.24, 2.45) is 0 Å². The average Bonchev–Trinajstić information content (AvgIpc) is 3.71. The molecule has 0 saturated carbocycles. The molecule has 5 nitrogen and oxygen atoms in total. The summed E-state index contributed by atoms with van der Waals surface area (Å²) in [6, 6.07) is 35.5. The molecule has 278 valence electrons. The molecule has 3 aliphatic rings. The van der Waals surface area contributed by atoms with Gasteiger partial charge in [0.1, 0.15) is 0 Å². The number of hydrogen-bond acceptors (Lipinski definition) is 4. The standard InChI is InChI=1S/C49H56N3O2/c1-35-21-25-43-41(31-35)48(3,4)45(50(43)27-15-29-53-7)33-37-23-24-38(47(37)52(39-17-11-9-12-18-39)40-19-13-10-14-20-40)34-46-49(5,6)42-32-36(2)22-26-44(42)51(46)28-16-30-54-8/h9-14,17-26,31-34H,15-16,27-30H2,1-8H3/q+1. The molecule has 0 aromatic heterocycles. The van der Waals surface area contributed by atoms with Crippen LogP contribution < -0.4 is 14.4 Å². The van der Waals surface area contributed by atoms with Gasteiger partial charge in [-0.2, -0.15) is 4.58 Å². The molecule has 5 heteroatoms. The highest BCUT2D eigenvalue weighted by Gasteiger charge is 2.43. The van der Waals surface area contributed by atoms with Crippen LogP contribution in [0.4, 0.5) is 22.7 Å². The van der Waals surface area contributed by atoms with E-state index in [1.165, 1.54) is 61.9 Å². The molecular formula is C49H56N3O2+. The molecule has 4 aromatic rings. The van der Waals surface area contributed by atoms with E-state index in [4.69, 9.17) is 9.47 Å². The first-order valence-corrected chi connectivity index (χ1v) is 19.5. The zero-order chi connectivity index (χ0) is 38.0. The lowest BCUT2D eigenvalue weighted by molar-refractivity contribution is 0.196. The number of fused-ring (bicyclic) bond motifs is 2. The van der Waals surface area contributed by atoms with Crippen molar-refractivity contribution in [3.05, 3.63) is 166 Å². The van der Waals surface area contributed by atoms with E-state index in [9.17, 15) is 0 Å². The molecule has 7 rings (SSSR count). The van der Waals surface area contributed by atoms with E-state index in [0.29, 0.717) is 0 Å². The Morgan fingerprint density at radius 3 is 1.37 bits per heavy atom. The lowest BCUT2D eigenvalue weighted by Gasteiger charge is -2.28. The van der Waals surface area contributed by atoms with Crippen LogP contribution in [0.2, 0.25) is 0 Å². The molecule has 1 aliphatic carbocycles. The Balaban J connectivity index is 1.44. The van der Waals surface area contributed by atoms with Gasteiger partial charge in [-0.25, -0.2) is 0 Å². The second kappa shape index (κ2) is 15.4. The van der Waals surface area contributed by atoms with Crippen LogP contribution >= 0.6 is 0 Å². The Morgan fingerprint density at radius 1 is 0.574 bits per heavy atom. The summed E-state index contributed by atoms with van der Waals surface area (Å²) in [5.41, 5.74) is 15.9. The minimum atomic E-state index is -0.197.